The molecule has 0 aliphatic carbocycles. The summed E-state index contributed by atoms with van der Waals surface area (Å²) in [4.78, 5) is 0. The lowest BCUT2D eigenvalue weighted by atomic mass is 10.1. The summed E-state index contributed by atoms with van der Waals surface area (Å²) >= 11 is 1.72. The number of aryl methyl sites for hydroxylation is 3. The zero-order chi connectivity index (χ0) is 13.5. The predicted octanol–water partition coefficient (Wildman–Crippen LogP) is 3.13. The molecule has 0 amide bonds. The van der Waals surface area contributed by atoms with Gasteiger partial charge in [-0.25, -0.2) is 0 Å². The van der Waals surface area contributed by atoms with Crippen molar-refractivity contribution in [1.82, 2.24) is 15.5 Å². The first-order valence-electron chi connectivity index (χ1n) is 6.85. The molecule has 0 fully saturated rings. The minimum atomic E-state index is 0.843. The molecule has 19 heavy (non-hydrogen) atoms. The topological polar surface area (TPSA) is 37.8 Å². The first-order chi connectivity index (χ1) is 9.28. The number of hydrogen-bond donors (Lipinski definition) is 1. The zero-order valence-corrected chi connectivity index (χ0v) is 12.5. The van der Waals surface area contributed by atoms with E-state index in [9.17, 15) is 0 Å². The number of nitrogens with zero attached hydrogens (tertiary/aromatic N) is 2. The molecule has 0 bridgehead atoms. The van der Waals surface area contributed by atoms with Gasteiger partial charge in [-0.3, -0.25) is 0 Å². The van der Waals surface area contributed by atoms with Crippen LogP contribution in [0.2, 0.25) is 0 Å². The highest BCUT2D eigenvalue weighted by Crippen LogP contribution is 2.13. The number of benzene rings is 1. The van der Waals surface area contributed by atoms with Gasteiger partial charge in [0.2, 0.25) is 0 Å². The van der Waals surface area contributed by atoms with Crippen molar-refractivity contribution in [3.05, 3.63) is 45.4 Å². The van der Waals surface area contributed by atoms with Crippen molar-refractivity contribution >= 4 is 11.3 Å². The van der Waals surface area contributed by atoms with Gasteiger partial charge in [-0.05, 0) is 31.9 Å². The van der Waals surface area contributed by atoms with Gasteiger partial charge < -0.3 is 5.32 Å². The Hall–Kier alpha value is -1.26. The Morgan fingerprint density at radius 2 is 2.00 bits per heavy atom. The first-order valence-corrected chi connectivity index (χ1v) is 7.67. The third-order valence-corrected chi connectivity index (χ3v) is 3.90. The second-order valence-corrected chi connectivity index (χ2v) is 5.90. The largest absolute Gasteiger partial charge is 0.310 e. The highest BCUT2D eigenvalue weighted by atomic mass is 32.1. The fraction of sp³-hybridized carbons (Fsp3) is 0.467. The number of hydrogen-bond acceptors (Lipinski definition) is 4. The van der Waals surface area contributed by atoms with Gasteiger partial charge in [-0.15, -0.1) is 21.5 Å². The minimum absolute atomic E-state index is 0.843. The predicted molar refractivity (Wildman–Crippen MR) is 80.5 cm³/mol. The lowest BCUT2D eigenvalue weighted by Gasteiger charge is -2.00. The van der Waals surface area contributed by atoms with Crippen molar-refractivity contribution in [2.24, 2.45) is 0 Å². The SMILES string of the molecule is CCCNCc1nnc(CCc2cccc(C)c2)s1. The van der Waals surface area contributed by atoms with Gasteiger partial charge >= 0.3 is 0 Å². The Labute approximate surface area is 119 Å². The van der Waals surface area contributed by atoms with Gasteiger partial charge in [-0.2, -0.15) is 0 Å². The van der Waals surface area contributed by atoms with Crippen molar-refractivity contribution < 1.29 is 0 Å². The first kappa shape index (κ1) is 14.2. The van der Waals surface area contributed by atoms with Crippen LogP contribution in [0.25, 0.3) is 0 Å². The summed E-state index contributed by atoms with van der Waals surface area (Å²) < 4.78 is 0. The molecule has 0 radical (unpaired) electrons. The smallest absolute Gasteiger partial charge is 0.131 e. The van der Waals surface area contributed by atoms with Crippen molar-refractivity contribution in [2.45, 2.75) is 39.7 Å². The molecule has 0 unspecified atom stereocenters. The van der Waals surface area contributed by atoms with Gasteiger partial charge in [0.25, 0.3) is 0 Å². The number of nitrogens with one attached hydrogen (secondary N) is 1. The molecule has 0 aliphatic heterocycles. The van der Waals surface area contributed by atoms with Crippen LogP contribution in [0.4, 0.5) is 0 Å². The van der Waals surface area contributed by atoms with Crippen LogP contribution in [0.15, 0.2) is 24.3 Å². The summed E-state index contributed by atoms with van der Waals surface area (Å²) in [6, 6.07) is 8.67. The van der Waals surface area contributed by atoms with E-state index in [1.165, 1.54) is 11.1 Å². The summed E-state index contributed by atoms with van der Waals surface area (Å²) in [5.41, 5.74) is 2.69. The second kappa shape index (κ2) is 7.36. The van der Waals surface area contributed by atoms with Gasteiger partial charge in [0.1, 0.15) is 10.0 Å². The Morgan fingerprint density at radius 3 is 2.79 bits per heavy atom. The lowest BCUT2D eigenvalue weighted by molar-refractivity contribution is 0.667. The van der Waals surface area contributed by atoms with Crippen LogP contribution in [0.3, 0.4) is 0 Å². The van der Waals surface area contributed by atoms with Crippen molar-refractivity contribution in [3.8, 4) is 0 Å². The average molecular weight is 275 g/mol. The van der Waals surface area contributed by atoms with Crippen LogP contribution < -0.4 is 5.32 Å². The molecule has 1 N–H and O–H groups in total. The molecule has 0 atom stereocenters. The van der Waals surface area contributed by atoms with Crippen LogP contribution in [0, 0.1) is 6.92 Å². The summed E-state index contributed by atoms with van der Waals surface area (Å²) in [6.07, 6.45) is 3.17. The molecule has 3 nitrogen and oxygen atoms in total. The van der Waals surface area contributed by atoms with Crippen molar-refractivity contribution in [3.63, 3.8) is 0 Å². The van der Waals surface area contributed by atoms with E-state index >= 15 is 0 Å². The van der Waals surface area contributed by atoms with E-state index in [1.54, 1.807) is 11.3 Å². The number of aromatic nitrogens is 2. The van der Waals surface area contributed by atoms with E-state index in [2.05, 4.69) is 53.6 Å². The van der Waals surface area contributed by atoms with Gasteiger partial charge in [0, 0.05) is 13.0 Å². The third kappa shape index (κ3) is 4.73. The summed E-state index contributed by atoms with van der Waals surface area (Å²) in [5, 5.41) is 14.1. The Bertz CT molecular complexity index is 508. The van der Waals surface area contributed by atoms with E-state index < -0.39 is 0 Å². The van der Waals surface area contributed by atoms with E-state index in [0.29, 0.717) is 0 Å². The molecule has 1 heterocycles. The highest BCUT2D eigenvalue weighted by molar-refractivity contribution is 7.11. The van der Waals surface area contributed by atoms with Crippen molar-refractivity contribution in [1.29, 1.82) is 0 Å². The van der Waals surface area contributed by atoms with E-state index in [4.69, 9.17) is 0 Å². The maximum absolute atomic E-state index is 4.26. The average Bonchev–Trinajstić information content (AvgIpc) is 2.85. The summed E-state index contributed by atoms with van der Waals surface area (Å²) in [5.74, 6) is 0. The zero-order valence-electron chi connectivity index (χ0n) is 11.6. The maximum atomic E-state index is 4.26. The molecule has 0 saturated carbocycles. The van der Waals surface area contributed by atoms with Crippen LogP contribution in [0.5, 0.6) is 0 Å². The Kier molecular flexibility index (Phi) is 5.48. The Balaban J connectivity index is 1.83. The molecule has 4 heteroatoms. The van der Waals surface area contributed by atoms with Crippen LogP contribution in [0.1, 0.15) is 34.5 Å². The molecular weight excluding hydrogens is 254 g/mol. The lowest BCUT2D eigenvalue weighted by Crippen LogP contribution is -2.13. The monoisotopic (exact) mass is 275 g/mol. The molecule has 1 aromatic carbocycles. The Morgan fingerprint density at radius 1 is 1.16 bits per heavy atom. The van der Waals surface area contributed by atoms with Crippen LogP contribution >= 0.6 is 11.3 Å². The summed E-state index contributed by atoms with van der Waals surface area (Å²) in [6.45, 7) is 6.18. The third-order valence-electron chi connectivity index (χ3n) is 2.92. The van der Waals surface area contributed by atoms with E-state index in [1.807, 2.05) is 0 Å². The molecule has 0 aliphatic rings. The molecule has 0 saturated heterocycles. The molecule has 102 valence electrons. The number of rotatable bonds is 7. The van der Waals surface area contributed by atoms with Gasteiger partial charge in [0.15, 0.2) is 0 Å². The van der Waals surface area contributed by atoms with Crippen LogP contribution in [-0.2, 0) is 19.4 Å². The fourth-order valence-corrected chi connectivity index (χ4v) is 2.77. The fourth-order valence-electron chi connectivity index (χ4n) is 1.95. The second-order valence-electron chi connectivity index (χ2n) is 4.76. The molecule has 0 spiro atoms. The standard InChI is InChI=1S/C15H21N3S/c1-3-9-16-11-15-18-17-14(19-15)8-7-13-6-4-5-12(2)10-13/h4-6,10,16H,3,7-9,11H2,1-2H3. The summed E-state index contributed by atoms with van der Waals surface area (Å²) in [7, 11) is 0. The molecular formula is C15H21N3S. The molecule has 2 aromatic rings. The molecule has 1 aromatic heterocycles. The highest BCUT2D eigenvalue weighted by Gasteiger charge is 2.04. The van der Waals surface area contributed by atoms with Gasteiger partial charge in [-0.1, -0.05) is 36.8 Å². The van der Waals surface area contributed by atoms with E-state index in [-0.39, 0.29) is 0 Å². The van der Waals surface area contributed by atoms with Crippen molar-refractivity contribution in [2.75, 3.05) is 6.54 Å². The van der Waals surface area contributed by atoms with Gasteiger partial charge in [0.05, 0.1) is 0 Å². The quantitative estimate of drug-likeness (QED) is 0.789. The molecule has 2 rings (SSSR count). The normalized spacial score (nSPS) is 10.8. The van der Waals surface area contributed by atoms with E-state index in [0.717, 1.165) is 42.4 Å². The maximum Gasteiger partial charge on any atom is 0.131 e. The minimum Gasteiger partial charge on any atom is -0.310 e. The van der Waals surface area contributed by atoms with Crippen LogP contribution in [-0.4, -0.2) is 16.7 Å².